The van der Waals surface area contributed by atoms with Crippen molar-refractivity contribution in [2.75, 3.05) is 7.05 Å². The average Bonchev–Trinajstić information content (AvgIpc) is 2.50. The third-order valence-electron chi connectivity index (χ3n) is 4.03. The zero-order valence-electron chi connectivity index (χ0n) is 12.8. The zero-order valence-corrected chi connectivity index (χ0v) is 12.8. The van der Waals surface area contributed by atoms with E-state index in [4.69, 9.17) is 0 Å². The summed E-state index contributed by atoms with van der Waals surface area (Å²) >= 11 is 0. The number of rotatable bonds is 6. The number of hydrogen-bond donors (Lipinski definition) is 1. The second-order valence-electron chi connectivity index (χ2n) is 5.53. The van der Waals surface area contributed by atoms with E-state index in [1.807, 2.05) is 7.05 Å². The smallest absolute Gasteiger partial charge is 0.0346 e. The number of nitrogens with one attached hydrogen (secondary N) is 1. The summed E-state index contributed by atoms with van der Waals surface area (Å²) in [7, 11) is 2.05. The molecule has 0 radical (unpaired) electrons. The second-order valence-corrected chi connectivity index (χ2v) is 5.53. The van der Waals surface area contributed by atoms with Crippen molar-refractivity contribution in [2.24, 2.45) is 5.92 Å². The van der Waals surface area contributed by atoms with E-state index >= 15 is 0 Å². The summed E-state index contributed by atoms with van der Waals surface area (Å²) in [6, 6.07) is 20.2. The van der Waals surface area contributed by atoms with Crippen LogP contribution in [0.2, 0.25) is 0 Å². The Hall–Kier alpha value is -1.60. The molecule has 1 heteroatoms. The quantitative estimate of drug-likeness (QED) is 0.818. The van der Waals surface area contributed by atoms with E-state index in [9.17, 15) is 0 Å². The third-order valence-corrected chi connectivity index (χ3v) is 4.03. The Labute approximate surface area is 123 Å². The lowest BCUT2D eigenvalue weighted by Crippen LogP contribution is -2.24. The summed E-state index contributed by atoms with van der Waals surface area (Å²) in [5.41, 5.74) is 4.20. The van der Waals surface area contributed by atoms with E-state index in [0.717, 1.165) is 12.8 Å². The van der Waals surface area contributed by atoms with Gasteiger partial charge in [-0.15, -0.1) is 0 Å². The monoisotopic (exact) mass is 267 g/mol. The van der Waals surface area contributed by atoms with Gasteiger partial charge < -0.3 is 5.32 Å². The van der Waals surface area contributed by atoms with Gasteiger partial charge in [0.15, 0.2) is 0 Å². The van der Waals surface area contributed by atoms with Gasteiger partial charge in [-0.05, 0) is 42.5 Å². The fourth-order valence-corrected chi connectivity index (χ4v) is 2.84. The van der Waals surface area contributed by atoms with Gasteiger partial charge in [-0.2, -0.15) is 0 Å². The lowest BCUT2D eigenvalue weighted by Gasteiger charge is -2.24. The predicted molar refractivity (Wildman–Crippen MR) is 86.9 cm³/mol. The second kappa shape index (κ2) is 7.25. The standard InChI is InChI=1S/C19H25N/c1-4-16-10-12-17(13-11-16)14-15(2)19(20-3)18-8-6-5-7-9-18/h5-13,15,19-20H,4,14H2,1-3H3. The lowest BCUT2D eigenvalue weighted by atomic mass is 9.89. The first kappa shape index (κ1) is 14.8. The Morgan fingerprint density at radius 2 is 1.50 bits per heavy atom. The summed E-state index contributed by atoms with van der Waals surface area (Å²) in [6.07, 6.45) is 2.21. The summed E-state index contributed by atoms with van der Waals surface area (Å²) in [5, 5.41) is 3.46. The van der Waals surface area contributed by atoms with Crippen molar-refractivity contribution in [3.8, 4) is 0 Å². The molecule has 0 aromatic heterocycles. The Morgan fingerprint density at radius 1 is 0.900 bits per heavy atom. The Bertz CT molecular complexity index is 501. The minimum absolute atomic E-state index is 0.405. The number of aryl methyl sites for hydroxylation is 1. The molecular formula is C19H25N. The van der Waals surface area contributed by atoms with Crippen LogP contribution in [0, 0.1) is 5.92 Å². The SMILES string of the molecule is CCc1ccc(CC(C)C(NC)c2ccccc2)cc1. The summed E-state index contributed by atoms with van der Waals surface area (Å²) in [6.45, 7) is 4.52. The molecule has 0 saturated heterocycles. The van der Waals surface area contributed by atoms with Crippen LogP contribution in [0.1, 0.15) is 36.6 Å². The van der Waals surface area contributed by atoms with Gasteiger partial charge in [0.25, 0.3) is 0 Å². The third kappa shape index (κ3) is 3.71. The van der Waals surface area contributed by atoms with Gasteiger partial charge in [0, 0.05) is 6.04 Å². The minimum atomic E-state index is 0.405. The van der Waals surface area contributed by atoms with Crippen LogP contribution in [0.25, 0.3) is 0 Å². The molecule has 0 amide bonds. The molecule has 0 fully saturated rings. The zero-order chi connectivity index (χ0) is 14.4. The van der Waals surface area contributed by atoms with E-state index in [1.54, 1.807) is 0 Å². The molecular weight excluding hydrogens is 242 g/mol. The van der Waals surface area contributed by atoms with Gasteiger partial charge in [-0.25, -0.2) is 0 Å². The van der Waals surface area contributed by atoms with Crippen LogP contribution in [0.5, 0.6) is 0 Å². The largest absolute Gasteiger partial charge is 0.313 e. The van der Waals surface area contributed by atoms with Crippen LogP contribution in [0.15, 0.2) is 54.6 Å². The molecule has 0 aliphatic carbocycles. The van der Waals surface area contributed by atoms with Crippen LogP contribution in [0.3, 0.4) is 0 Å². The first-order valence-electron chi connectivity index (χ1n) is 7.54. The van der Waals surface area contributed by atoms with Crippen molar-refractivity contribution in [1.29, 1.82) is 0 Å². The Balaban J connectivity index is 2.07. The van der Waals surface area contributed by atoms with Crippen molar-refractivity contribution in [3.05, 3.63) is 71.3 Å². The normalized spacial score (nSPS) is 13.9. The molecule has 0 bridgehead atoms. The molecule has 0 aliphatic rings. The van der Waals surface area contributed by atoms with Crippen molar-refractivity contribution in [2.45, 2.75) is 32.7 Å². The van der Waals surface area contributed by atoms with Crippen LogP contribution in [-0.2, 0) is 12.8 Å². The van der Waals surface area contributed by atoms with Gasteiger partial charge in [0.1, 0.15) is 0 Å². The van der Waals surface area contributed by atoms with E-state index in [1.165, 1.54) is 16.7 Å². The molecule has 106 valence electrons. The molecule has 20 heavy (non-hydrogen) atoms. The fraction of sp³-hybridized carbons (Fsp3) is 0.368. The fourth-order valence-electron chi connectivity index (χ4n) is 2.84. The highest BCUT2D eigenvalue weighted by atomic mass is 14.9. The molecule has 2 unspecified atom stereocenters. The molecule has 0 saturated carbocycles. The van der Waals surface area contributed by atoms with Gasteiger partial charge in [0.05, 0.1) is 0 Å². The Morgan fingerprint density at radius 3 is 2.05 bits per heavy atom. The summed E-state index contributed by atoms with van der Waals surface area (Å²) in [5.74, 6) is 0.565. The molecule has 2 atom stereocenters. The van der Waals surface area contributed by atoms with E-state index < -0.39 is 0 Å². The first-order chi connectivity index (χ1) is 9.74. The van der Waals surface area contributed by atoms with Crippen molar-refractivity contribution < 1.29 is 0 Å². The van der Waals surface area contributed by atoms with Gasteiger partial charge in [-0.3, -0.25) is 0 Å². The van der Waals surface area contributed by atoms with Crippen molar-refractivity contribution in [3.63, 3.8) is 0 Å². The molecule has 2 aromatic rings. The lowest BCUT2D eigenvalue weighted by molar-refractivity contribution is 0.409. The molecule has 0 spiro atoms. The number of hydrogen-bond acceptors (Lipinski definition) is 1. The molecule has 2 rings (SSSR count). The maximum absolute atomic E-state index is 3.46. The van der Waals surface area contributed by atoms with Crippen LogP contribution < -0.4 is 5.32 Å². The molecule has 2 aromatic carbocycles. The summed E-state index contributed by atoms with van der Waals surface area (Å²) in [4.78, 5) is 0. The van der Waals surface area contributed by atoms with Crippen LogP contribution in [-0.4, -0.2) is 7.05 Å². The average molecular weight is 267 g/mol. The van der Waals surface area contributed by atoms with Crippen molar-refractivity contribution >= 4 is 0 Å². The Kier molecular flexibility index (Phi) is 5.37. The summed E-state index contributed by atoms with van der Waals surface area (Å²) < 4.78 is 0. The van der Waals surface area contributed by atoms with E-state index in [0.29, 0.717) is 12.0 Å². The molecule has 0 aliphatic heterocycles. The van der Waals surface area contributed by atoms with Gasteiger partial charge in [0.2, 0.25) is 0 Å². The highest BCUT2D eigenvalue weighted by Gasteiger charge is 2.17. The minimum Gasteiger partial charge on any atom is -0.313 e. The molecule has 1 N–H and O–H groups in total. The van der Waals surface area contributed by atoms with E-state index in [2.05, 4.69) is 73.8 Å². The van der Waals surface area contributed by atoms with Crippen LogP contribution in [0.4, 0.5) is 0 Å². The molecule has 0 heterocycles. The van der Waals surface area contributed by atoms with Gasteiger partial charge >= 0.3 is 0 Å². The molecule has 1 nitrogen and oxygen atoms in total. The number of benzene rings is 2. The maximum Gasteiger partial charge on any atom is 0.0346 e. The first-order valence-corrected chi connectivity index (χ1v) is 7.54. The maximum atomic E-state index is 3.46. The van der Waals surface area contributed by atoms with Gasteiger partial charge in [-0.1, -0.05) is 68.4 Å². The topological polar surface area (TPSA) is 12.0 Å². The highest BCUT2D eigenvalue weighted by Crippen LogP contribution is 2.24. The van der Waals surface area contributed by atoms with Crippen molar-refractivity contribution in [1.82, 2.24) is 5.32 Å². The highest BCUT2D eigenvalue weighted by molar-refractivity contribution is 5.24. The predicted octanol–water partition coefficient (Wildman–Crippen LogP) is 4.39. The van der Waals surface area contributed by atoms with E-state index in [-0.39, 0.29) is 0 Å². The van der Waals surface area contributed by atoms with Crippen LogP contribution >= 0.6 is 0 Å².